The molecule has 0 aliphatic carbocycles. The Kier molecular flexibility index (Phi) is 5.12. The van der Waals surface area contributed by atoms with Crippen LogP contribution in [-0.4, -0.2) is 27.1 Å². The van der Waals surface area contributed by atoms with E-state index >= 15 is 0 Å². The Labute approximate surface area is 144 Å². The van der Waals surface area contributed by atoms with Crippen molar-refractivity contribution in [1.29, 1.82) is 0 Å². The van der Waals surface area contributed by atoms with E-state index in [0.717, 1.165) is 11.3 Å². The summed E-state index contributed by atoms with van der Waals surface area (Å²) in [6, 6.07) is 15.3. The lowest BCUT2D eigenvalue weighted by atomic mass is 10.2. The predicted molar refractivity (Wildman–Crippen MR) is 95.4 cm³/mol. The van der Waals surface area contributed by atoms with Crippen LogP contribution in [0.15, 0.2) is 66.1 Å². The van der Waals surface area contributed by atoms with Crippen molar-refractivity contribution >= 4 is 23.5 Å². The number of carbonyl (C=O) groups is 1. The minimum absolute atomic E-state index is 0.238. The zero-order chi connectivity index (χ0) is 16.8. The Morgan fingerprint density at radius 2 is 1.88 bits per heavy atom. The summed E-state index contributed by atoms with van der Waals surface area (Å²) in [4.78, 5) is 17.1. The van der Waals surface area contributed by atoms with Crippen molar-refractivity contribution in [2.24, 2.45) is 0 Å². The minimum Gasteiger partial charge on any atom is -0.334 e. The first-order valence-electron chi connectivity index (χ1n) is 7.37. The molecule has 2 amide bonds. The number of hydrogen-bond acceptors (Lipinski definition) is 4. The molecule has 3 rings (SSSR count). The van der Waals surface area contributed by atoms with E-state index in [2.05, 4.69) is 20.7 Å². The Balaban J connectivity index is 1.52. The fourth-order valence-electron chi connectivity index (χ4n) is 2.14. The lowest BCUT2D eigenvalue weighted by Gasteiger charge is -2.09. The van der Waals surface area contributed by atoms with Gasteiger partial charge in [-0.05, 0) is 48.2 Å². The number of aromatic nitrogens is 3. The number of nitrogens with one attached hydrogen (secondary N) is 2. The summed E-state index contributed by atoms with van der Waals surface area (Å²) in [5, 5.41) is 9.71. The molecule has 0 bridgehead atoms. The van der Waals surface area contributed by atoms with Crippen LogP contribution < -0.4 is 10.6 Å². The molecule has 0 unspecified atom stereocenters. The van der Waals surface area contributed by atoms with E-state index in [-0.39, 0.29) is 6.03 Å². The van der Waals surface area contributed by atoms with Crippen molar-refractivity contribution in [3.63, 3.8) is 0 Å². The molecule has 0 aliphatic rings. The van der Waals surface area contributed by atoms with Crippen molar-refractivity contribution < 1.29 is 4.79 Å². The van der Waals surface area contributed by atoms with Gasteiger partial charge in [-0.25, -0.2) is 14.5 Å². The summed E-state index contributed by atoms with van der Waals surface area (Å²) < 4.78 is 1.65. The molecule has 24 heavy (non-hydrogen) atoms. The lowest BCUT2D eigenvalue weighted by Crippen LogP contribution is -2.28. The van der Waals surface area contributed by atoms with E-state index < -0.39 is 0 Å². The topological polar surface area (TPSA) is 71.8 Å². The maximum absolute atomic E-state index is 12.0. The van der Waals surface area contributed by atoms with Gasteiger partial charge in [0.25, 0.3) is 0 Å². The summed E-state index contributed by atoms with van der Waals surface area (Å²) in [5.74, 6) is 0. The number of urea groups is 1. The van der Waals surface area contributed by atoms with E-state index in [1.54, 1.807) is 22.8 Å². The second-order valence-electron chi connectivity index (χ2n) is 5.04. The second-order valence-corrected chi connectivity index (χ2v) is 5.92. The van der Waals surface area contributed by atoms with Gasteiger partial charge < -0.3 is 10.6 Å². The van der Waals surface area contributed by atoms with Crippen LogP contribution in [0.5, 0.6) is 0 Å². The summed E-state index contributed by atoms with van der Waals surface area (Å²) in [7, 11) is 0. The smallest absolute Gasteiger partial charge is 0.319 e. The van der Waals surface area contributed by atoms with Crippen LogP contribution in [0.1, 0.15) is 5.56 Å². The summed E-state index contributed by atoms with van der Waals surface area (Å²) in [6.07, 6.45) is 5.14. The number of benzene rings is 2. The van der Waals surface area contributed by atoms with Crippen molar-refractivity contribution in [1.82, 2.24) is 20.1 Å². The highest BCUT2D eigenvalue weighted by molar-refractivity contribution is 7.98. The minimum atomic E-state index is -0.238. The number of rotatable bonds is 5. The highest BCUT2D eigenvalue weighted by Crippen LogP contribution is 2.15. The van der Waals surface area contributed by atoms with Gasteiger partial charge in [-0.3, -0.25) is 0 Å². The quantitative estimate of drug-likeness (QED) is 0.700. The second kappa shape index (κ2) is 7.65. The average Bonchev–Trinajstić information content (AvgIpc) is 3.16. The maximum atomic E-state index is 12.0. The number of thioether (sulfide) groups is 1. The van der Waals surface area contributed by atoms with E-state index in [4.69, 9.17) is 0 Å². The third-order valence-electron chi connectivity index (χ3n) is 3.42. The number of anilines is 1. The van der Waals surface area contributed by atoms with Gasteiger partial charge in [0.2, 0.25) is 0 Å². The highest BCUT2D eigenvalue weighted by atomic mass is 32.2. The first-order valence-corrected chi connectivity index (χ1v) is 8.60. The summed E-state index contributed by atoms with van der Waals surface area (Å²) in [6.45, 7) is 0.484. The zero-order valence-corrected chi connectivity index (χ0v) is 14.0. The van der Waals surface area contributed by atoms with Gasteiger partial charge in [0.1, 0.15) is 12.7 Å². The molecule has 0 fully saturated rings. The molecular formula is C17H17N5OS. The maximum Gasteiger partial charge on any atom is 0.319 e. The van der Waals surface area contributed by atoms with Crippen LogP contribution in [0.2, 0.25) is 0 Å². The van der Waals surface area contributed by atoms with Gasteiger partial charge >= 0.3 is 6.03 Å². The van der Waals surface area contributed by atoms with E-state index in [1.165, 1.54) is 11.2 Å². The molecule has 2 N–H and O–H groups in total. The van der Waals surface area contributed by atoms with Crippen molar-refractivity contribution in [3.05, 3.63) is 66.7 Å². The SMILES string of the molecule is CSc1ccc(CNC(=O)Nc2ccc(-n3cncn3)cc2)cc1. The zero-order valence-electron chi connectivity index (χ0n) is 13.1. The molecule has 0 saturated carbocycles. The van der Waals surface area contributed by atoms with Gasteiger partial charge in [-0.15, -0.1) is 11.8 Å². The highest BCUT2D eigenvalue weighted by Gasteiger charge is 2.03. The predicted octanol–water partition coefficient (Wildman–Crippen LogP) is 3.31. The Morgan fingerprint density at radius 3 is 2.50 bits per heavy atom. The number of nitrogens with zero attached hydrogens (tertiary/aromatic N) is 3. The molecule has 1 heterocycles. The van der Waals surface area contributed by atoms with Crippen molar-refractivity contribution in [3.8, 4) is 5.69 Å². The number of hydrogen-bond donors (Lipinski definition) is 2. The van der Waals surface area contributed by atoms with Crippen LogP contribution in [-0.2, 0) is 6.54 Å². The molecule has 0 radical (unpaired) electrons. The Bertz CT molecular complexity index is 785. The molecule has 0 saturated heterocycles. The fraction of sp³-hybridized carbons (Fsp3) is 0.118. The summed E-state index contributed by atoms with van der Waals surface area (Å²) in [5.41, 5.74) is 2.66. The molecule has 0 aliphatic heterocycles. The molecule has 6 nitrogen and oxygen atoms in total. The molecule has 2 aromatic carbocycles. The van der Waals surface area contributed by atoms with Gasteiger partial charge in [-0.2, -0.15) is 5.10 Å². The molecule has 7 heteroatoms. The van der Waals surface area contributed by atoms with Crippen LogP contribution in [0.4, 0.5) is 10.5 Å². The largest absolute Gasteiger partial charge is 0.334 e. The number of amides is 2. The van der Waals surface area contributed by atoms with Gasteiger partial charge in [0.05, 0.1) is 5.69 Å². The molecular weight excluding hydrogens is 322 g/mol. The first-order chi connectivity index (χ1) is 11.7. The van der Waals surface area contributed by atoms with Gasteiger partial charge in [0.15, 0.2) is 0 Å². The summed E-state index contributed by atoms with van der Waals surface area (Å²) >= 11 is 1.69. The Morgan fingerprint density at radius 1 is 1.12 bits per heavy atom. The van der Waals surface area contributed by atoms with Crippen molar-refractivity contribution in [2.75, 3.05) is 11.6 Å². The number of carbonyl (C=O) groups excluding carboxylic acids is 1. The monoisotopic (exact) mass is 339 g/mol. The van der Waals surface area contributed by atoms with E-state index in [9.17, 15) is 4.79 Å². The molecule has 0 spiro atoms. The molecule has 1 aromatic heterocycles. The van der Waals surface area contributed by atoms with Gasteiger partial charge in [0, 0.05) is 17.1 Å². The third kappa shape index (κ3) is 4.14. The van der Waals surface area contributed by atoms with Crippen LogP contribution in [0.25, 0.3) is 5.69 Å². The lowest BCUT2D eigenvalue weighted by molar-refractivity contribution is 0.251. The molecule has 122 valence electrons. The van der Waals surface area contributed by atoms with E-state index in [1.807, 2.05) is 54.8 Å². The average molecular weight is 339 g/mol. The molecule has 3 aromatic rings. The standard InChI is InChI=1S/C17H17N5OS/c1-24-16-8-2-13(3-9-16)10-19-17(23)21-14-4-6-15(7-5-14)22-12-18-11-20-22/h2-9,11-12H,10H2,1H3,(H2,19,21,23). The van der Waals surface area contributed by atoms with E-state index in [0.29, 0.717) is 12.2 Å². The van der Waals surface area contributed by atoms with Crippen molar-refractivity contribution in [2.45, 2.75) is 11.4 Å². The molecule has 0 atom stereocenters. The Hall–Kier alpha value is -2.80. The van der Waals surface area contributed by atoms with Crippen LogP contribution in [0, 0.1) is 0 Å². The first kappa shape index (κ1) is 16.1. The van der Waals surface area contributed by atoms with Crippen LogP contribution >= 0.6 is 11.8 Å². The normalized spacial score (nSPS) is 10.4. The fourth-order valence-corrected chi connectivity index (χ4v) is 2.55. The van der Waals surface area contributed by atoms with Gasteiger partial charge in [-0.1, -0.05) is 12.1 Å². The van der Waals surface area contributed by atoms with Crippen LogP contribution in [0.3, 0.4) is 0 Å². The third-order valence-corrected chi connectivity index (χ3v) is 4.16.